The van der Waals surface area contributed by atoms with Gasteiger partial charge in [0.05, 0.1) is 0 Å². The summed E-state index contributed by atoms with van der Waals surface area (Å²) in [6.45, 7) is 6.68. The fourth-order valence-electron chi connectivity index (χ4n) is 3.60. The minimum atomic E-state index is 0.985. The van der Waals surface area contributed by atoms with Crippen LogP contribution in [0.2, 0.25) is 0 Å². The van der Waals surface area contributed by atoms with E-state index in [4.69, 9.17) is 0 Å². The Bertz CT molecular complexity index is 211. The molecule has 3 rings (SSSR count). The van der Waals surface area contributed by atoms with Gasteiger partial charge in [0.2, 0.25) is 0 Å². The van der Waals surface area contributed by atoms with E-state index >= 15 is 0 Å². The number of likely N-dealkylation sites (tertiary alicyclic amines) is 1. The number of piperidine rings is 2. The summed E-state index contributed by atoms with van der Waals surface area (Å²) in [5.74, 6) is 3.23. The summed E-state index contributed by atoms with van der Waals surface area (Å²) in [5, 5.41) is 3.46. The number of hydrogen-bond donors (Lipinski definition) is 1. The Morgan fingerprint density at radius 2 is 1.44 bits per heavy atom. The van der Waals surface area contributed by atoms with Gasteiger partial charge < -0.3 is 10.2 Å². The highest BCUT2D eigenvalue weighted by molar-refractivity contribution is 4.86. The van der Waals surface area contributed by atoms with Gasteiger partial charge in [0.1, 0.15) is 0 Å². The average molecular weight is 222 g/mol. The van der Waals surface area contributed by atoms with E-state index in [2.05, 4.69) is 10.2 Å². The monoisotopic (exact) mass is 222 g/mol. The summed E-state index contributed by atoms with van der Waals surface area (Å²) in [5.41, 5.74) is 0. The highest BCUT2D eigenvalue weighted by Gasteiger charge is 2.33. The molecule has 1 N–H and O–H groups in total. The third kappa shape index (κ3) is 2.78. The SMILES string of the molecule is C1CC(CN2CCC(C3CC3)CC2)CCN1. The van der Waals surface area contributed by atoms with Gasteiger partial charge in [0, 0.05) is 6.54 Å². The van der Waals surface area contributed by atoms with Crippen LogP contribution in [0.4, 0.5) is 0 Å². The molecular weight excluding hydrogens is 196 g/mol. The van der Waals surface area contributed by atoms with Gasteiger partial charge in [-0.15, -0.1) is 0 Å². The summed E-state index contributed by atoms with van der Waals surface area (Å²) < 4.78 is 0. The van der Waals surface area contributed by atoms with E-state index in [1.807, 2.05) is 0 Å². The van der Waals surface area contributed by atoms with E-state index in [9.17, 15) is 0 Å². The smallest absolute Gasteiger partial charge is 0.00106 e. The normalized spacial score (nSPS) is 30.8. The van der Waals surface area contributed by atoms with Crippen molar-refractivity contribution in [2.24, 2.45) is 17.8 Å². The quantitative estimate of drug-likeness (QED) is 0.787. The number of hydrogen-bond acceptors (Lipinski definition) is 2. The van der Waals surface area contributed by atoms with Crippen LogP contribution in [0.5, 0.6) is 0 Å². The lowest BCUT2D eigenvalue weighted by atomic mass is 9.90. The zero-order valence-electron chi connectivity index (χ0n) is 10.5. The second kappa shape index (κ2) is 5.05. The summed E-state index contributed by atoms with van der Waals surface area (Å²) >= 11 is 0. The Balaban J connectivity index is 1.39. The first-order chi connectivity index (χ1) is 7.92. The molecule has 2 aliphatic heterocycles. The molecule has 0 aromatic carbocycles. The van der Waals surface area contributed by atoms with Crippen LogP contribution in [0.15, 0.2) is 0 Å². The lowest BCUT2D eigenvalue weighted by Crippen LogP contribution is -2.40. The predicted molar refractivity (Wildman–Crippen MR) is 67.5 cm³/mol. The van der Waals surface area contributed by atoms with Crippen LogP contribution in [0.25, 0.3) is 0 Å². The van der Waals surface area contributed by atoms with Gasteiger partial charge in [-0.05, 0) is 82.5 Å². The predicted octanol–water partition coefficient (Wildman–Crippen LogP) is 2.11. The summed E-state index contributed by atoms with van der Waals surface area (Å²) in [6, 6.07) is 0. The van der Waals surface area contributed by atoms with Crippen molar-refractivity contribution in [3.05, 3.63) is 0 Å². The Hall–Kier alpha value is -0.0800. The number of rotatable bonds is 3. The molecule has 1 saturated carbocycles. The molecule has 0 aromatic heterocycles. The molecule has 0 amide bonds. The van der Waals surface area contributed by atoms with E-state index < -0.39 is 0 Å². The zero-order chi connectivity index (χ0) is 10.8. The third-order valence-electron chi connectivity index (χ3n) is 4.90. The van der Waals surface area contributed by atoms with Crippen molar-refractivity contribution >= 4 is 0 Å². The van der Waals surface area contributed by atoms with Gasteiger partial charge in [0.25, 0.3) is 0 Å². The first-order valence-corrected chi connectivity index (χ1v) is 7.35. The van der Waals surface area contributed by atoms with Crippen LogP contribution in [0, 0.1) is 17.8 Å². The van der Waals surface area contributed by atoms with E-state index in [0.717, 1.165) is 17.8 Å². The number of nitrogens with one attached hydrogen (secondary N) is 1. The maximum atomic E-state index is 3.46. The molecule has 0 unspecified atom stereocenters. The van der Waals surface area contributed by atoms with Gasteiger partial charge >= 0.3 is 0 Å². The van der Waals surface area contributed by atoms with Crippen molar-refractivity contribution in [1.82, 2.24) is 10.2 Å². The van der Waals surface area contributed by atoms with Crippen molar-refractivity contribution in [1.29, 1.82) is 0 Å². The van der Waals surface area contributed by atoms with Crippen LogP contribution < -0.4 is 5.32 Å². The van der Waals surface area contributed by atoms with Gasteiger partial charge in [0.15, 0.2) is 0 Å². The molecule has 3 aliphatic rings. The molecule has 92 valence electrons. The first kappa shape index (κ1) is 11.0. The topological polar surface area (TPSA) is 15.3 Å². The highest BCUT2D eigenvalue weighted by Crippen LogP contribution is 2.41. The van der Waals surface area contributed by atoms with Crippen LogP contribution in [0.1, 0.15) is 38.5 Å². The minimum Gasteiger partial charge on any atom is -0.317 e. The number of nitrogens with zero attached hydrogens (tertiary/aromatic N) is 1. The van der Waals surface area contributed by atoms with Crippen LogP contribution in [-0.2, 0) is 0 Å². The Morgan fingerprint density at radius 3 is 2.06 bits per heavy atom. The Labute approximate surface area is 99.8 Å². The van der Waals surface area contributed by atoms with Crippen molar-refractivity contribution in [3.63, 3.8) is 0 Å². The van der Waals surface area contributed by atoms with Gasteiger partial charge in [-0.25, -0.2) is 0 Å². The molecule has 1 aliphatic carbocycles. The van der Waals surface area contributed by atoms with Crippen LogP contribution in [0.3, 0.4) is 0 Å². The fourth-order valence-corrected chi connectivity index (χ4v) is 3.60. The molecule has 0 aromatic rings. The van der Waals surface area contributed by atoms with E-state index in [1.165, 1.54) is 58.4 Å². The molecule has 0 spiro atoms. The van der Waals surface area contributed by atoms with E-state index in [-0.39, 0.29) is 0 Å². The summed E-state index contributed by atoms with van der Waals surface area (Å²) in [7, 11) is 0. The van der Waals surface area contributed by atoms with Crippen molar-refractivity contribution < 1.29 is 0 Å². The van der Waals surface area contributed by atoms with Gasteiger partial charge in [-0.3, -0.25) is 0 Å². The zero-order valence-corrected chi connectivity index (χ0v) is 10.5. The standard InChI is InChI=1S/C14H26N2/c1-2-13(1)14-5-9-16(10-6-14)11-12-3-7-15-8-4-12/h12-15H,1-11H2. The Morgan fingerprint density at radius 1 is 0.812 bits per heavy atom. The molecule has 2 heterocycles. The van der Waals surface area contributed by atoms with Crippen molar-refractivity contribution in [3.8, 4) is 0 Å². The lowest BCUT2D eigenvalue weighted by Gasteiger charge is -2.35. The molecule has 0 atom stereocenters. The van der Waals surface area contributed by atoms with Gasteiger partial charge in [-0.2, -0.15) is 0 Å². The second-order valence-electron chi connectivity index (χ2n) is 6.17. The minimum absolute atomic E-state index is 0.985. The first-order valence-electron chi connectivity index (χ1n) is 7.35. The Kier molecular flexibility index (Phi) is 3.49. The summed E-state index contributed by atoms with van der Waals surface area (Å²) in [6.07, 6.45) is 8.88. The molecule has 2 nitrogen and oxygen atoms in total. The molecule has 0 radical (unpaired) electrons. The van der Waals surface area contributed by atoms with Crippen molar-refractivity contribution in [2.45, 2.75) is 38.5 Å². The molecule has 3 fully saturated rings. The maximum absolute atomic E-state index is 3.46. The maximum Gasteiger partial charge on any atom is 0.00106 e. The average Bonchev–Trinajstić information content (AvgIpc) is 3.15. The fraction of sp³-hybridized carbons (Fsp3) is 1.00. The second-order valence-corrected chi connectivity index (χ2v) is 6.17. The third-order valence-corrected chi connectivity index (χ3v) is 4.90. The molecule has 0 bridgehead atoms. The molecule has 2 heteroatoms. The molecule has 2 saturated heterocycles. The molecule has 16 heavy (non-hydrogen) atoms. The van der Waals surface area contributed by atoms with Crippen molar-refractivity contribution in [2.75, 3.05) is 32.7 Å². The van der Waals surface area contributed by atoms with E-state index in [0.29, 0.717) is 0 Å². The van der Waals surface area contributed by atoms with Crippen LogP contribution >= 0.6 is 0 Å². The lowest BCUT2D eigenvalue weighted by molar-refractivity contribution is 0.140. The molecular formula is C14H26N2. The highest BCUT2D eigenvalue weighted by atomic mass is 15.1. The van der Waals surface area contributed by atoms with Gasteiger partial charge in [-0.1, -0.05) is 0 Å². The summed E-state index contributed by atoms with van der Waals surface area (Å²) in [4.78, 5) is 2.74. The van der Waals surface area contributed by atoms with E-state index in [1.54, 1.807) is 12.8 Å². The largest absolute Gasteiger partial charge is 0.317 e. The van der Waals surface area contributed by atoms with Crippen LogP contribution in [-0.4, -0.2) is 37.6 Å².